The Morgan fingerprint density at radius 1 is 0.774 bits per heavy atom. The lowest BCUT2D eigenvalue weighted by Crippen LogP contribution is -2.56. The number of aromatic amines is 2. The minimum absolute atomic E-state index is 0.00614. The van der Waals surface area contributed by atoms with Crippen LogP contribution in [0.5, 0.6) is 5.75 Å². The molecule has 62 heavy (non-hydrogen) atoms. The van der Waals surface area contributed by atoms with Gasteiger partial charge in [0, 0.05) is 40.5 Å². The third-order valence-electron chi connectivity index (χ3n) is 10.6. The van der Waals surface area contributed by atoms with Gasteiger partial charge in [0.15, 0.2) is 0 Å². The second-order valence-corrected chi connectivity index (χ2v) is 15.9. The molecule has 326 valence electrons. The van der Waals surface area contributed by atoms with Crippen LogP contribution in [0, 0.1) is 13.8 Å². The minimum atomic E-state index is -1.28. The van der Waals surface area contributed by atoms with Crippen LogP contribution in [0.4, 0.5) is 0 Å². The zero-order chi connectivity index (χ0) is 44.7. The molecule has 19 heteroatoms. The molecule has 2 aromatic carbocycles. The minimum Gasteiger partial charge on any atom is -0.496 e. The Morgan fingerprint density at radius 3 is 2.24 bits per heavy atom. The lowest BCUT2D eigenvalue weighted by atomic mass is 10.00. The van der Waals surface area contributed by atoms with Crippen LogP contribution in [0.3, 0.4) is 0 Å². The van der Waals surface area contributed by atoms with Gasteiger partial charge >= 0.3 is 0 Å². The van der Waals surface area contributed by atoms with Crippen LogP contribution in [0.2, 0.25) is 0 Å². The predicted molar refractivity (Wildman–Crippen MR) is 232 cm³/mol. The van der Waals surface area contributed by atoms with E-state index in [2.05, 4.69) is 58.7 Å². The first-order chi connectivity index (χ1) is 29.7. The summed E-state index contributed by atoms with van der Waals surface area (Å²) in [7, 11) is 1.53. The summed E-state index contributed by atoms with van der Waals surface area (Å²) in [4.78, 5) is 105. The van der Waals surface area contributed by atoms with E-state index in [0.29, 0.717) is 28.1 Å². The van der Waals surface area contributed by atoms with Crippen molar-refractivity contribution in [1.29, 1.82) is 0 Å². The molecule has 18 nitrogen and oxygen atoms in total. The molecule has 4 heterocycles. The molecule has 0 spiro atoms. The smallest absolute Gasteiger partial charge is 0.271 e. The van der Waals surface area contributed by atoms with Crippen LogP contribution in [-0.2, 0) is 41.6 Å². The zero-order valence-corrected chi connectivity index (χ0v) is 35.8. The van der Waals surface area contributed by atoms with E-state index in [1.54, 1.807) is 26.1 Å². The number of benzene rings is 2. The molecule has 0 saturated carbocycles. The Hall–Kier alpha value is -7.02. The monoisotopic (exact) mass is 866 g/mol. The van der Waals surface area contributed by atoms with Crippen molar-refractivity contribution in [1.82, 2.24) is 52.2 Å². The van der Waals surface area contributed by atoms with E-state index in [1.165, 1.54) is 12.5 Å². The molecule has 4 atom stereocenters. The lowest BCUT2D eigenvalue weighted by Gasteiger charge is -2.23. The Labute approximate surface area is 360 Å². The number of hydrogen-bond donors (Lipinski definition) is 9. The highest BCUT2D eigenvalue weighted by Crippen LogP contribution is 2.32. The van der Waals surface area contributed by atoms with E-state index >= 15 is 0 Å². The highest BCUT2D eigenvalue weighted by Gasteiger charge is 2.31. The Bertz CT molecular complexity index is 2560. The summed E-state index contributed by atoms with van der Waals surface area (Å²) < 4.78 is 5.66. The van der Waals surface area contributed by atoms with E-state index < -0.39 is 78.6 Å². The van der Waals surface area contributed by atoms with E-state index in [1.807, 2.05) is 44.3 Å². The van der Waals surface area contributed by atoms with Crippen LogP contribution in [0.15, 0.2) is 60.4 Å². The van der Waals surface area contributed by atoms with Crippen molar-refractivity contribution in [3.05, 3.63) is 93.3 Å². The van der Waals surface area contributed by atoms with Crippen molar-refractivity contribution in [3.63, 3.8) is 0 Å². The fourth-order valence-corrected chi connectivity index (χ4v) is 8.03. The third kappa shape index (κ3) is 10.3. The molecule has 0 aliphatic carbocycles. The quantitative estimate of drug-likeness (QED) is 0.109. The number of aryl methyl sites for hydroxylation is 3. The number of hydrogen-bond acceptors (Lipinski definition) is 10. The fourth-order valence-electron chi connectivity index (χ4n) is 7.22. The number of rotatable bonds is 7. The van der Waals surface area contributed by atoms with E-state index in [0.717, 1.165) is 44.4 Å². The SMILES string of the molecule is C=C1NC(=O)[C@@H](CC)NC(=O)CNC(=O)[C@H](Cc2c[nH]c3c(C)ccc(OC)c23)NC(=O)[C@H](CCc2c[nH]c3c(C)cccc23)NC(=O)c2csc(n2)[C@@H](C)NC(=O)CNC1=O. The number of fused-ring (bicyclic) bond motifs is 4. The number of ether oxygens (including phenoxy) is 1. The van der Waals surface area contributed by atoms with Gasteiger partial charge in [0.25, 0.3) is 11.8 Å². The Kier molecular flexibility index (Phi) is 14.1. The maximum absolute atomic E-state index is 14.5. The van der Waals surface area contributed by atoms with E-state index in [-0.39, 0.29) is 30.7 Å². The van der Waals surface area contributed by atoms with Gasteiger partial charge in [0.05, 0.1) is 37.5 Å². The Morgan fingerprint density at radius 2 is 1.48 bits per heavy atom. The summed E-state index contributed by atoms with van der Waals surface area (Å²) >= 11 is 1.11. The number of amides is 7. The molecule has 0 unspecified atom stereocenters. The topological polar surface area (TPSA) is 257 Å². The number of carbonyl (C=O) groups is 7. The van der Waals surface area contributed by atoms with E-state index in [9.17, 15) is 33.6 Å². The van der Waals surface area contributed by atoms with Crippen molar-refractivity contribution in [3.8, 4) is 5.75 Å². The molecule has 1 aliphatic heterocycles. The van der Waals surface area contributed by atoms with Gasteiger partial charge in [0.2, 0.25) is 29.5 Å². The summed E-state index contributed by atoms with van der Waals surface area (Å²) in [5, 5.41) is 21.8. The molecular weight excluding hydrogens is 817 g/mol. The molecule has 6 rings (SSSR count). The zero-order valence-electron chi connectivity index (χ0n) is 35.0. The molecule has 0 radical (unpaired) electrons. The first kappa shape index (κ1) is 44.5. The first-order valence-corrected chi connectivity index (χ1v) is 20.9. The summed E-state index contributed by atoms with van der Waals surface area (Å²) in [6, 6.07) is 5.34. The molecule has 2 bridgehead atoms. The molecule has 1 aliphatic rings. The molecule has 9 N–H and O–H groups in total. The van der Waals surface area contributed by atoms with Gasteiger partial charge < -0.3 is 51.9 Å². The van der Waals surface area contributed by atoms with Crippen molar-refractivity contribution in [2.24, 2.45) is 0 Å². The normalized spacial score (nSPS) is 20.3. The van der Waals surface area contributed by atoms with Gasteiger partial charge in [-0.3, -0.25) is 33.6 Å². The number of para-hydroxylation sites is 1. The number of thiazole rings is 1. The van der Waals surface area contributed by atoms with Crippen LogP contribution in [0.1, 0.15) is 70.5 Å². The third-order valence-corrected chi connectivity index (χ3v) is 11.7. The van der Waals surface area contributed by atoms with Crippen molar-refractivity contribution < 1.29 is 38.3 Å². The molecule has 7 amide bonds. The van der Waals surface area contributed by atoms with Crippen molar-refractivity contribution in [2.45, 2.75) is 77.5 Å². The summed E-state index contributed by atoms with van der Waals surface area (Å²) in [6.07, 6.45) is 4.13. The largest absolute Gasteiger partial charge is 0.496 e. The number of nitrogens with zero attached hydrogens (tertiary/aromatic N) is 1. The van der Waals surface area contributed by atoms with Crippen molar-refractivity contribution >= 4 is 74.5 Å². The molecule has 0 saturated heterocycles. The van der Waals surface area contributed by atoms with Crippen LogP contribution < -0.4 is 42.0 Å². The molecular formula is C43H50N10O8S. The van der Waals surface area contributed by atoms with Gasteiger partial charge in [0.1, 0.15) is 34.6 Å². The number of methoxy groups -OCH3 is 1. The van der Waals surface area contributed by atoms with Crippen LogP contribution in [0.25, 0.3) is 21.8 Å². The summed E-state index contributed by atoms with van der Waals surface area (Å²) in [5.74, 6) is -4.40. The van der Waals surface area contributed by atoms with Gasteiger partial charge in [-0.25, -0.2) is 4.98 Å². The van der Waals surface area contributed by atoms with Gasteiger partial charge in [-0.15, -0.1) is 11.3 Å². The predicted octanol–water partition coefficient (Wildman–Crippen LogP) is 2.14. The lowest BCUT2D eigenvalue weighted by molar-refractivity contribution is -0.132. The van der Waals surface area contributed by atoms with E-state index in [4.69, 9.17) is 4.74 Å². The maximum Gasteiger partial charge on any atom is 0.271 e. The second-order valence-electron chi connectivity index (χ2n) is 15.0. The average Bonchev–Trinajstić information content (AvgIpc) is 4.02. The first-order valence-electron chi connectivity index (χ1n) is 20.1. The molecule has 5 aromatic rings. The maximum atomic E-state index is 14.5. The number of aromatic nitrogens is 3. The average molecular weight is 867 g/mol. The standard InChI is InChI=1S/C43H50N10O8S/c1-7-28-40(58)49-23(4)38(56)46-18-33(54)48-24(5)43-53-31(20-62-43)42(60)51-29(13-12-25-16-44-36-21(2)9-8-10-27(25)36)41(59)52-30(39(57)47-19-34(55)50-28)15-26-17-45-37-22(3)11-14-32(61-6)35(26)37/h8-11,14,16-17,20,24,28-30,44-45H,4,7,12-13,15,18-19H2,1-3,5-6H3,(H,46,56)(H,47,57)(H,48,54)(H,49,58)(H,50,55)(H,51,60)(H,52,59)/t24-,28-,29+,30+/m1/s1. The summed E-state index contributed by atoms with van der Waals surface area (Å²) in [6.45, 7) is 9.72. The van der Waals surface area contributed by atoms with Gasteiger partial charge in [-0.05, 0) is 68.4 Å². The fraction of sp³-hybridized carbons (Fsp3) is 0.349. The molecule has 0 fully saturated rings. The number of nitrogens with one attached hydrogen (secondary N) is 9. The second kappa shape index (κ2) is 19.6. The van der Waals surface area contributed by atoms with Crippen LogP contribution >= 0.6 is 11.3 Å². The van der Waals surface area contributed by atoms with Crippen LogP contribution in [-0.4, -0.2) is 94.6 Å². The number of H-pyrrole nitrogens is 2. The highest BCUT2D eigenvalue weighted by atomic mass is 32.1. The van der Waals surface area contributed by atoms with Gasteiger partial charge in [-0.1, -0.05) is 37.8 Å². The molecule has 3 aromatic heterocycles. The highest BCUT2D eigenvalue weighted by molar-refractivity contribution is 7.09. The Balaban J connectivity index is 1.34. The summed E-state index contributed by atoms with van der Waals surface area (Å²) in [5.41, 5.74) is 4.86. The van der Waals surface area contributed by atoms with Crippen molar-refractivity contribution in [2.75, 3.05) is 20.2 Å². The van der Waals surface area contributed by atoms with Gasteiger partial charge in [-0.2, -0.15) is 0 Å². The number of carbonyl (C=O) groups excluding carboxylic acids is 7.